The van der Waals surface area contributed by atoms with Crippen LogP contribution >= 0.6 is 0 Å². The molecule has 2 N–H and O–H groups in total. The van der Waals surface area contributed by atoms with Crippen LogP contribution in [0.3, 0.4) is 0 Å². The van der Waals surface area contributed by atoms with Crippen molar-refractivity contribution in [1.29, 1.82) is 0 Å². The van der Waals surface area contributed by atoms with E-state index >= 15 is 0 Å². The van der Waals surface area contributed by atoms with Crippen LogP contribution < -0.4 is 0 Å². The molecule has 19 heteroatoms. The molecule has 0 aromatic carbocycles. The molecule has 0 heterocycles. The van der Waals surface area contributed by atoms with Crippen LogP contribution in [0.2, 0.25) is 0 Å². The van der Waals surface area contributed by atoms with Crippen molar-refractivity contribution in [3.63, 3.8) is 0 Å². The molecule has 0 saturated heterocycles. The largest absolute Gasteiger partial charge is 0.460 e. The van der Waals surface area contributed by atoms with Crippen LogP contribution in [0, 0.1) is 0 Å². The molecule has 19 nitrogen and oxygen atoms in total. The quantitative estimate of drug-likeness (QED) is 0.0493. The van der Waals surface area contributed by atoms with Crippen molar-refractivity contribution in [3.05, 3.63) is 24.3 Å². The third kappa shape index (κ3) is 51.8. The second-order valence-corrected chi connectivity index (χ2v) is 11.8. The molecular weight excluding hydrogens is 772 g/mol. The van der Waals surface area contributed by atoms with E-state index in [1.54, 1.807) is 13.8 Å². The van der Waals surface area contributed by atoms with Gasteiger partial charge in [0.25, 0.3) is 0 Å². The Morgan fingerprint density at radius 1 is 0.362 bits per heavy atom. The Balaban J connectivity index is 0. The zero-order chi connectivity index (χ0) is 43.0. The molecule has 0 fully saturated rings. The highest BCUT2D eigenvalue weighted by atomic mass is 16.6. The fraction of sp³-hybridized carbons (Fsp3) is 0.846. The van der Waals surface area contributed by atoms with Gasteiger partial charge >= 0.3 is 11.9 Å². The van der Waals surface area contributed by atoms with Gasteiger partial charge in [-0.2, -0.15) is 0 Å². The summed E-state index contributed by atoms with van der Waals surface area (Å²) in [7, 11) is 0. The molecule has 0 rings (SSSR count). The molecule has 0 aliphatic heterocycles. The first kappa shape index (κ1) is 57.9. The highest BCUT2D eigenvalue weighted by Gasteiger charge is 2.03. The molecule has 1 unspecified atom stereocenters. The lowest BCUT2D eigenvalue weighted by molar-refractivity contribution is -0.141. The van der Waals surface area contributed by atoms with Gasteiger partial charge in [0.1, 0.15) is 13.2 Å². The van der Waals surface area contributed by atoms with Crippen LogP contribution in [-0.2, 0) is 80.6 Å². The minimum atomic E-state index is -0.560. The molecule has 0 amide bonds. The molecule has 0 bridgehead atoms. The normalized spacial score (nSPS) is 11.5. The van der Waals surface area contributed by atoms with Crippen molar-refractivity contribution in [3.8, 4) is 0 Å². The number of aliphatic hydroxyl groups excluding tert-OH is 2. The average Bonchev–Trinajstić information content (AvgIpc) is 3.20. The summed E-state index contributed by atoms with van der Waals surface area (Å²) >= 11 is 0. The maximum Gasteiger partial charge on any atom is 0.333 e. The predicted octanol–water partition coefficient (Wildman–Crippen LogP) is 0.800. The Morgan fingerprint density at radius 2 is 0.483 bits per heavy atom. The monoisotopic (exact) mass is 846 g/mol. The van der Waals surface area contributed by atoms with E-state index in [1.807, 2.05) is 0 Å². The van der Waals surface area contributed by atoms with Crippen LogP contribution in [0.15, 0.2) is 24.3 Å². The molecule has 0 aromatic heterocycles. The van der Waals surface area contributed by atoms with Crippen molar-refractivity contribution < 1.29 is 90.9 Å². The van der Waals surface area contributed by atoms with Gasteiger partial charge in [-0.3, -0.25) is 0 Å². The van der Waals surface area contributed by atoms with Crippen LogP contribution in [0.1, 0.15) is 20.8 Å². The summed E-state index contributed by atoms with van der Waals surface area (Å²) in [5, 5.41) is 16.0. The second-order valence-electron chi connectivity index (χ2n) is 11.8. The highest BCUT2D eigenvalue weighted by molar-refractivity contribution is 5.87. The van der Waals surface area contributed by atoms with Gasteiger partial charge in [-0.1, -0.05) is 13.2 Å². The zero-order valence-corrected chi connectivity index (χ0v) is 35.3. The third-order valence-corrected chi connectivity index (χ3v) is 6.35. The second kappa shape index (κ2) is 49.2. The van der Waals surface area contributed by atoms with E-state index < -0.39 is 18.0 Å². The number of carbonyl (C=O) groups is 2. The highest BCUT2D eigenvalue weighted by Crippen LogP contribution is 1.93. The van der Waals surface area contributed by atoms with Crippen LogP contribution in [0.25, 0.3) is 0 Å². The predicted molar refractivity (Wildman–Crippen MR) is 211 cm³/mol. The number of rotatable bonds is 45. The minimum absolute atomic E-state index is 0.139. The van der Waals surface area contributed by atoms with E-state index in [1.165, 1.54) is 6.92 Å². The molecule has 0 aliphatic rings. The SMILES string of the molecule is C=C(C)C(=O)OCCOCCOCCOCCOCCOCCOCCOCCOCCOCCOCCOCCOCCOCCOC(=O)C(=C)C.CC(O)CO. The molecule has 0 aliphatic carbocycles. The lowest BCUT2D eigenvalue weighted by atomic mass is 10.4. The van der Waals surface area contributed by atoms with Gasteiger partial charge < -0.3 is 81.3 Å². The van der Waals surface area contributed by atoms with E-state index in [0.29, 0.717) is 183 Å². The van der Waals surface area contributed by atoms with Crippen molar-refractivity contribution in [1.82, 2.24) is 0 Å². The lowest BCUT2D eigenvalue weighted by Gasteiger charge is -2.09. The maximum atomic E-state index is 11.2. The van der Waals surface area contributed by atoms with E-state index in [-0.39, 0.29) is 19.8 Å². The van der Waals surface area contributed by atoms with Crippen molar-refractivity contribution in [2.45, 2.75) is 26.9 Å². The lowest BCUT2D eigenvalue weighted by Crippen LogP contribution is -2.16. The fourth-order valence-electron chi connectivity index (χ4n) is 3.37. The zero-order valence-electron chi connectivity index (χ0n) is 35.3. The molecule has 0 saturated carbocycles. The van der Waals surface area contributed by atoms with Crippen molar-refractivity contribution in [2.75, 3.05) is 192 Å². The van der Waals surface area contributed by atoms with E-state index in [4.69, 9.17) is 81.3 Å². The summed E-state index contributed by atoms with van der Waals surface area (Å²) in [4.78, 5) is 22.4. The van der Waals surface area contributed by atoms with Gasteiger partial charge in [0, 0.05) is 11.1 Å². The van der Waals surface area contributed by atoms with Gasteiger partial charge in [0.15, 0.2) is 0 Å². The van der Waals surface area contributed by atoms with E-state index in [0.717, 1.165) is 0 Å². The van der Waals surface area contributed by atoms with Crippen LogP contribution in [-0.4, -0.2) is 220 Å². The first-order valence-corrected chi connectivity index (χ1v) is 19.7. The number of hydrogen-bond acceptors (Lipinski definition) is 19. The van der Waals surface area contributed by atoms with Gasteiger partial charge in [-0.05, 0) is 20.8 Å². The Morgan fingerprint density at radius 3 is 0.586 bits per heavy atom. The number of aliphatic hydroxyl groups is 2. The topological polar surface area (TPSA) is 213 Å². The summed E-state index contributed by atoms with van der Waals surface area (Å²) in [5.74, 6) is -0.835. The number of hydrogen-bond donors (Lipinski definition) is 2. The molecule has 58 heavy (non-hydrogen) atoms. The molecule has 0 aromatic rings. The molecule has 344 valence electrons. The summed E-state index contributed by atoms with van der Waals surface area (Å²) in [6.07, 6.45) is -0.560. The smallest absolute Gasteiger partial charge is 0.333 e. The van der Waals surface area contributed by atoms with Crippen LogP contribution in [0.5, 0.6) is 0 Å². The van der Waals surface area contributed by atoms with E-state index in [9.17, 15) is 9.59 Å². The molecular formula is C39H74O19. The first-order valence-electron chi connectivity index (χ1n) is 19.7. The Kier molecular flexibility index (Phi) is 49.1. The number of ether oxygens (including phenoxy) is 15. The van der Waals surface area contributed by atoms with Gasteiger partial charge in [0.2, 0.25) is 0 Å². The number of carbonyl (C=O) groups excluding carboxylic acids is 2. The Labute approximate surface area is 345 Å². The molecule has 0 spiro atoms. The van der Waals surface area contributed by atoms with Crippen LogP contribution in [0.4, 0.5) is 0 Å². The summed E-state index contributed by atoms with van der Waals surface area (Å²) in [6, 6.07) is 0. The maximum absolute atomic E-state index is 11.2. The summed E-state index contributed by atoms with van der Waals surface area (Å²) in [6.45, 7) is 23.9. The Bertz CT molecular complexity index is 842. The molecule has 0 radical (unpaired) electrons. The van der Waals surface area contributed by atoms with Crippen molar-refractivity contribution >= 4 is 11.9 Å². The first-order chi connectivity index (χ1) is 28.2. The van der Waals surface area contributed by atoms with Gasteiger partial charge in [-0.15, -0.1) is 0 Å². The van der Waals surface area contributed by atoms with Crippen molar-refractivity contribution in [2.24, 2.45) is 0 Å². The summed E-state index contributed by atoms with van der Waals surface area (Å²) < 4.78 is 80.4. The average molecular weight is 847 g/mol. The minimum Gasteiger partial charge on any atom is -0.460 e. The third-order valence-electron chi connectivity index (χ3n) is 6.35. The number of esters is 2. The van der Waals surface area contributed by atoms with Gasteiger partial charge in [0.05, 0.1) is 184 Å². The fourth-order valence-corrected chi connectivity index (χ4v) is 3.37. The standard InChI is InChI=1S/C36H66O17.C3H8O2/c1-33(2)35(37)52-31-29-50-27-25-48-23-21-46-19-17-44-15-13-42-11-9-40-7-5-39-6-8-41-10-12-43-14-16-45-18-20-47-22-24-49-26-28-51-30-32-53-36(38)34(3)4;1-3(5)2-4/h1,3,5-32H2,2,4H3;3-5H,2H2,1H3. The van der Waals surface area contributed by atoms with Gasteiger partial charge in [-0.25, -0.2) is 9.59 Å². The Hall–Kier alpha value is -2.18. The van der Waals surface area contributed by atoms with E-state index in [2.05, 4.69) is 13.2 Å². The summed E-state index contributed by atoms with van der Waals surface area (Å²) in [5.41, 5.74) is 0.730. The molecule has 1 atom stereocenters.